The lowest BCUT2D eigenvalue weighted by molar-refractivity contribution is 0.594. The van der Waals surface area contributed by atoms with Crippen LogP contribution in [0.1, 0.15) is 78.1 Å². The molecule has 0 atom stereocenters. The molecule has 96 valence electrons. The molecule has 0 bridgehead atoms. The number of hydrogen-bond donors (Lipinski definition) is 1. The van der Waals surface area contributed by atoms with Gasteiger partial charge in [0.15, 0.2) is 0 Å². The first kappa shape index (κ1) is 15.9. The molecule has 0 fully saturated rings. The molecular formula is C14H29NS. The van der Waals surface area contributed by atoms with E-state index in [9.17, 15) is 0 Å². The van der Waals surface area contributed by atoms with Crippen molar-refractivity contribution in [1.82, 2.24) is 5.32 Å². The first-order chi connectivity index (χ1) is 7.81. The molecule has 0 heterocycles. The number of unbranched alkanes of at least 4 members (excludes halogenated alkanes) is 7. The van der Waals surface area contributed by atoms with E-state index in [4.69, 9.17) is 12.2 Å². The number of nitrogens with one attached hydrogen (secondary N) is 1. The molecule has 0 aromatic heterocycles. The summed E-state index contributed by atoms with van der Waals surface area (Å²) in [5, 5.41) is 3.33. The fourth-order valence-electron chi connectivity index (χ4n) is 1.74. The molecule has 16 heavy (non-hydrogen) atoms. The summed E-state index contributed by atoms with van der Waals surface area (Å²) in [6.07, 6.45) is 13.1. The van der Waals surface area contributed by atoms with Gasteiger partial charge in [-0.25, -0.2) is 0 Å². The highest BCUT2D eigenvalue weighted by atomic mass is 32.1. The van der Waals surface area contributed by atoms with Crippen molar-refractivity contribution in [3.63, 3.8) is 0 Å². The average Bonchev–Trinajstić information content (AvgIpc) is 2.28. The molecular weight excluding hydrogens is 214 g/mol. The van der Waals surface area contributed by atoms with Crippen LogP contribution in [0.3, 0.4) is 0 Å². The zero-order valence-corrected chi connectivity index (χ0v) is 12.0. The van der Waals surface area contributed by atoms with Crippen LogP contribution in [0, 0.1) is 0 Å². The van der Waals surface area contributed by atoms with Crippen molar-refractivity contribution in [2.45, 2.75) is 78.1 Å². The third-order valence-electron chi connectivity index (χ3n) is 2.86. The van der Waals surface area contributed by atoms with Crippen molar-refractivity contribution in [2.75, 3.05) is 6.54 Å². The van der Waals surface area contributed by atoms with Crippen LogP contribution in [0.2, 0.25) is 0 Å². The molecule has 0 saturated carbocycles. The second kappa shape index (κ2) is 13.0. The summed E-state index contributed by atoms with van der Waals surface area (Å²) in [5.41, 5.74) is 0. The van der Waals surface area contributed by atoms with Crippen molar-refractivity contribution in [1.29, 1.82) is 0 Å². The molecule has 0 aliphatic rings. The number of thiocarbonyl (C=S) groups is 1. The quantitative estimate of drug-likeness (QED) is 0.411. The Kier molecular flexibility index (Phi) is 12.9. The van der Waals surface area contributed by atoms with Gasteiger partial charge in [-0.2, -0.15) is 0 Å². The fraction of sp³-hybridized carbons (Fsp3) is 0.929. The highest BCUT2D eigenvalue weighted by molar-refractivity contribution is 7.80. The normalized spacial score (nSPS) is 10.4. The Morgan fingerprint density at radius 3 is 2.00 bits per heavy atom. The van der Waals surface area contributed by atoms with E-state index in [1.54, 1.807) is 0 Å². The van der Waals surface area contributed by atoms with Gasteiger partial charge in [0.2, 0.25) is 0 Å². The van der Waals surface area contributed by atoms with Gasteiger partial charge in [0.05, 0.1) is 4.99 Å². The van der Waals surface area contributed by atoms with E-state index in [2.05, 4.69) is 19.2 Å². The summed E-state index contributed by atoms with van der Waals surface area (Å²) in [4.78, 5) is 1.07. The average molecular weight is 243 g/mol. The second-order valence-electron chi connectivity index (χ2n) is 4.57. The van der Waals surface area contributed by atoms with Gasteiger partial charge < -0.3 is 5.32 Å². The van der Waals surface area contributed by atoms with E-state index >= 15 is 0 Å². The maximum atomic E-state index is 5.28. The lowest BCUT2D eigenvalue weighted by atomic mass is 10.1. The summed E-state index contributed by atoms with van der Waals surface area (Å²) in [6.45, 7) is 5.53. The summed E-state index contributed by atoms with van der Waals surface area (Å²) in [7, 11) is 0. The van der Waals surface area contributed by atoms with Crippen LogP contribution >= 0.6 is 12.2 Å². The van der Waals surface area contributed by atoms with Gasteiger partial charge in [-0.15, -0.1) is 0 Å². The first-order valence-electron chi connectivity index (χ1n) is 7.08. The highest BCUT2D eigenvalue weighted by Crippen LogP contribution is 2.08. The zero-order valence-electron chi connectivity index (χ0n) is 11.2. The molecule has 0 aliphatic carbocycles. The SMILES string of the molecule is CCCCCCCCCC(=S)NCCCC. The van der Waals surface area contributed by atoms with Gasteiger partial charge in [-0.1, -0.05) is 71.0 Å². The van der Waals surface area contributed by atoms with E-state index in [0.717, 1.165) is 18.0 Å². The van der Waals surface area contributed by atoms with Crippen LogP contribution in [0.5, 0.6) is 0 Å². The maximum absolute atomic E-state index is 5.28. The van der Waals surface area contributed by atoms with Crippen LogP contribution < -0.4 is 5.32 Å². The zero-order chi connectivity index (χ0) is 12.1. The Hall–Kier alpha value is -0.110. The lowest BCUT2D eigenvalue weighted by Crippen LogP contribution is -2.22. The topological polar surface area (TPSA) is 12.0 Å². The maximum Gasteiger partial charge on any atom is 0.0753 e. The fourth-order valence-corrected chi connectivity index (χ4v) is 1.98. The molecule has 0 rings (SSSR count). The third kappa shape index (κ3) is 12.0. The van der Waals surface area contributed by atoms with Crippen LogP contribution in [-0.2, 0) is 0 Å². The molecule has 0 aliphatic heterocycles. The van der Waals surface area contributed by atoms with Crippen molar-refractivity contribution < 1.29 is 0 Å². The van der Waals surface area contributed by atoms with Crippen molar-refractivity contribution in [3.05, 3.63) is 0 Å². The Morgan fingerprint density at radius 2 is 1.38 bits per heavy atom. The third-order valence-corrected chi connectivity index (χ3v) is 3.21. The van der Waals surface area contributed by atoms with Gasteiger partial charge in [-0.05, 0) is 19.3 Å². The van der Waals surface area contributed by atoms with Crippen molar-refractivity contribution in [3.8, 4) is 0 Å². The minimum Gasteiger partial charge on any atom is -0.380 e. The summed E-state index contributed by atoms with van der Waals surface area (Å²) < 4.78 is 0. The molecule has 0 amide bonds. The van der Waals surface area contributed by atoms with Crippen LogP contribution in [-0.4, -0.2) is 11.5 Å². The molecule has 1 N–H and O–H groups in total. The molecule has 2 heteroatoms. The molecule has 0 radical (unpaired) electrons. The van der Waals surface area contributed by atoms with Gasteiger partial charge in [0, 0.05) is 6.54 Å². The van der Waals surface area contributed by atoms with Crippen molar-refractivity contribution in [2.24, 2.45) is 0 Å². The highest BCUT2D eigenvalue weighted by Gasteiger charge is 1.96. The predicted molar refractivity (Wildman–Crippen MR) is 78.1 cm³/mol. The van der Waals surface area contributed by atoms with E-state index in [1.165, 1.54) is 57.8 Å². The number of rotatable bonds is 11. The van der Waals surface area contributed by atoms with E-state index in [-0.39, 0.29) is 0 Å². The molecule has 0 aromatic carbocycles. The van der Waals surface area contributed by atoms with E-state index < -0.39 is 0 Å². The molecule has 0 saturated heterocycles. The molecule has 0 unspecified atom stereocenters. The standard InChI is InChI=1S/C14H29NS/c1-3-5-7-8-9-10-11-12-14(16)15-13-6-4-2/h3-13H2,1-2H3,(H,15,16). The summed E-state index contributed by atoms with van der Waals surface area (Å²) in [5.74, 6) is 0. The molecule has 0 spiro atoms. The van der Waals surface area contributed by atoms with Gasteiger partial charge >= 0.3 is 0 Å². The van der Waals surface area contributed by atoms with Gasteiger partial charge in [0.25, 0.3) is 0 Å². The monoisotopic (exact) mass is 243 g/mol. The predicted octanol–water partition coefficient (Wildman–Crippen LogP) is 4.84. The Morgan fingerprint density at radius 1 is 0.812 bits per heavy atom. The minimum atomic E-state index is 1.06. The van der Waals surface area contributed by atoms with Crippen LogP contribution in [0.4, 0.5) is 0 Å². The second-order valence-corrected chi connectivity index (χ2v) is 5.07. The first-order valence-corrected chi connectivity index (χ1v) is 7.48. The smallest absolute Gasteiger partial charge is 0.0753 e. The van der Waals surface area contributed by atoms with Crippen molar-refractivity contribution >= 4 is 17.2 Å². The van der Waals surface area contributed by atoms with E-state index in [0.29, 0.717) is 0 Å². The van der Waals surface area contributed by atoms with Crippen LogP contribution in [0.25, 0.3) is 0 Å². The van der Waals surface area contributed by atoms with Crippen LogP contribution in [0.15, 0.2) is 0 Å². The Bertz CT molecular complexity index is 157. The minimum absolute atomic E-state index is 1.06. The lowest BCUT2D eigenvalue weighted by Gasteiger charge is -2.06. The van der Waals surface area contributed by atoms with E-state index in [1.807, 2.05) is 0 Å². The van der Waals surface area contributed by atoms with Gasteiger partial charge in [0.1, 0.15) is 0 Å². The largest absolute Gasteiger partial charge is 0.380 e. The Labute approximate surface area is 107 Å². The summed E-state index contributed by atoms with van der Waals surface area (Å²) >= 11 is 5.28. The summed E-state index contributed by atoms with van der Waals surface area (Å²) in [6, 6.07) is 0. The molecule has 0 aromatic rings. The molecule has 1 nitrogen and oxygen atoms in total. The van der Waals surface area contributed by atoms with Gasteiger partial charge in [-0.3, -0.25) is 0 Å². The number of hydrogen-bond acceptors (Lipinski definition) is 1. The Balaban J connectivity index is 3.09.